The number of fused-ring (bicyclic) bond motifs is 1. The van der Waals surface area contributed by atoms with Crippen molar-refractivity contribution in [2.75, 3.05) is 11.6 Å². The van der Waals surface area contributed by atoms with E-state index in [-0.39, 0.29) is 4.90 Å². The minimum Gasteiger partial charge on any atom is -0.364 e. The molecule has 0 spiro atoms. The van der Waals surface area contributed by atoms with Gasteiger partial charge in [0.2, 0.25) is 0 Å². The largest absolute Gasteiger partial charge is 0.364 e. The highest BCUT2D eigenvalue weighted by molar-refractivity contribution is 7.90. The van der Waals surface area contributed by atoms with Crippen LogP contribution in [-0.4, -0.2) is 34.3 Å². The summed E-state index contributed by atoms with van der Waals surface area (Å²) in [5, 5.41) is 7.27. The average molecular weight is 303 g/mol. The van der Waals surface area contributed by atoms with Crippen molar-refractivity contribution >= 4 is 21.3 Å². The monoisotopic (exact) mass is 303 g/mol. The van der Waals surface area contributed by atoms with E-state index in [2.05, 4.69) is 20.4 Å². The van der Waals surface area contributed by atoms with Gasteiger partial charge in [-0.25, -0.2) is 22.9 Å². The van der Waals surface area contributed by atoms with E-state index in [9.17, 15) is 8.42 Å². The van der Waals surface area contributed by atoms with Crippen LogP contribution in [-0.2, 0) is 16.4 Å². The lowest BCUT2D eigenvalue weighted by Crippen LogP contribution is -2.07. The standard InChI is InChI=1S/C13H13N5O2S/c1-21(19,20)11-5-6-12(15-8-11)14-7-10-3-2-4-13-16-9-17-18(10)13/h2-6,8-9H,7H2,1H3,(H,14,15). The third-order valence-electron chi connectivity index (χ3n) is 3.00. The topological polar surface area (TPSA) is 89.2 Å². The number of sulfone groups is 1. The lowest BCUT2D eigenvalue weighted by atomic mass is 10.3. The summed E-state index contributed by atoms with van der Waals surface area (Å²) in [5.74, 6) is 0.597. The molecule has 7 nitrogen and oxygen atoms in total. The molecule has 3 aromatic rings. The van der Waals surface area contributed by atoms with Crippen molar-refractivity contribution in [2.24, 2.45) is 0 Å². The first kappa shape index (κ1) is 13.5. The Balaban J connectivity index is 1.77. The molecule has 0 saturated heterocycles. The normalized spacial score (nSPS) is 11.7. The van der Waals surface area contributed by atoms with Gasteiger partial charge in [-0.05, 0) is 24.3 Å². The highest BCUT2D eigenvalue weighted by Gasteiger charge is 2.07. The molecule has 0 fully saturated rings. The quantitative estimate of drug-likeness (QED) is 0.777. The predicted molar refractivity (Wildman–Crippen MR) is 77.7 cm³/mol. The van der Waals surface area contributed by atoms with Crippen LogP contribution < -0.4 is 5.32 Å². The van der Waals surface area contributed by atoms with Gasteiger partial charge in [0.05, 0.1) is 17.1 Å². The molecule has 1 N–H and O–H groups in total. The number of hydrogen-bond donors (Lipinski definition) is 1. The molecule has 21 heavy (non-hydrogen) atoms. The summed E-state index contributed by atoms with van der Waals surface area (Å²) < 4.78 is 24.5. The van der Waals surface area contributed by atoms with Gasteiger partial charge in [-0.1, -0.05) is 6.07 Å². The number of nitrogens with zero attached hydrogens (tertiary/aromatic N) is 4. The summed E-state index contributed by atoms with van der Waals surface area (Å²) in [5.41, 5.74) is 1.70. The van der Waals surface area contributed by atoms with Crippen molar-refractivity contribution in [3.8, 4) is 0 Å². The van der Waals surface area contributed by atoms with E-state index in [1.807, 2.05) is 18.2 Å². The molecule has 0 bridgehead atoms. The van der Waals surface area contributed by atoms with E-state index in [1.54, 1.807) is 10.6 Å². The van der Waals surface area contributed by atoms with Crippen LogP contribution in [0.5, 0.6) is 0 Å². The van der Waals surface area contributed by atoms with E-state index in [0.717, 1.165) is 17.6 Å². The number of rotatable bonds is 4. The van der Waals surface area contributed by atoms with Crippen molar-refractivity contribution in [3.05, 3.63) is 48.5 Å². The third-order valence-corrected chi connectivity index (χ3v) is 4.09. The van der Waals surface area contributed by atoms with Crippen LogP contribution >= 0.6 is 0 Å². The first-order valence-corrected chi connectivity index (χ1v) is 8.11. The number of anilines is 1. The number of pyridine rings is 2. The molecule has 0 radical (unpaired) electrons. The fraction of sp³-hybridized carbons (Fsp3) is 0.154. The van der Waals surface area contributed by atoms with Crippen LogP contribution in [0.2, 0.25) is 0 Å². The zero-order chi connectivity index (χ0) is 14.9. The van der Waals surface area contributed by atoms with Gasteiger partial charge in [0.15, 0.2) is 15.5 Å². The first-order chi connectivity index (χ1) is 10.0. The van der Waals surface area contributed by atoms with Gasteiger partial charge in [0.1, 0.15) is 12.1 Å². The zero-order valence-corrected chi connectivity index (χ0v) is 12.1. The lowest BCUT2D eigenvalue weighted by Gasteiger charge is -2.07. The summed E-state index contributed by atoms with van der Waals surface area (Å²) in [7, 11) is -3.22. The Morgan fingerprint density at radius 3 is 2.76 bits per heavy atom. The van der Waals surface area contributed by atoms with Crippen molar-refractivity contribution in [1.82, 2.24) is 19.6 Å². The Morgan fingerprint density at radius 1 is 1.19 bits per heavy atom. The molecule has 3 aromatic heterocycles. The number of aromatic nitrogens is 4. The molecule has 0 unspecified atom stereocenters. The Kier molecular flexibility index (Phi) is 3.30. The Hall–Kier alpha value is -2.48. The molecule has 0 saturated carbocycles. The molecule has 108 valence electrons. The van der Waals surface area contributed by atoms with E-state index in [4.69, 9.17) is 0 Å². The van der Waals surface area contributed by atoms with E-state index in [1.165, 1.54) is 18.6 Å². The molecular formula is C13H13N5O2S. The maximum atomic E-state index is 11.4. The molecule has 3 heterocycles. The highest BCUT2D eigenvalue weighted by Crippen LogP contribution is 2.12. The predicted octanol–water partition coefficient (Wildman–Crippen LogP) is 1.14. The smallest absolute Gasteiger partial charge is 0.177 e. The third kappa shape index (κ3) is 2.84. The molecule has 0 atom stereocenters. The fourth-order valence-corrected chi connectivity index (χ4v) is 2.48. The second kappa shape index (κ2) is 5.13. The SMILES string of the molecule is CS(=O)(=O)c1ccc(NCc2cccc3ncnn23)nc1. The Morgan fingerprint density at radius 2 is 2.05 bits per heavy atom. The van der Waals surface area contributed by atoms with Crippen LogP contribution in [0.1, 0.15) is 5.69 Å². The highest BCUT2D eigenvalue weighted by atomic mass is 32.2. The second-order valence-electron chi connectivity index (χ2n) is 4.55. The Bertz CT molecular complexity index is 871. The minimum atomic E-state index is -3.22. The minimum absolute atomic E-state index is 0.200. The van der Waals surface area contributed by atoms with Gasteiger partial charge >= 0.3 is 0 Å². The fourth-order valence-electron chi connectivity index (χ4n) is 1.92. The van der Waals surface area contributed by atoms with Gasteiger partial charge in [0.25, 0.3) is 0 Å². The summed E-state index contributed by atoms with van der Waals surface area (Å²) in [4.78, 5) is 8.41. The first-order valence-electron chi connectivity index (χ1n) is 6.22. The molecule has 0 aliphatic rings. The molecular weight excluding hydrogens is 290 g/mol. The maximum Gasteiger partial charge on any atom is 0.177 e. The summed E-state index contributed by atoms with van der Waals surface area (Å²) >= 11 is 0. The van der Waals surface area contributed by atoms with Gasteiger partial charge in [-0.2, -0.15) is 5.10 Å². The van der Waals surface area contributed by atoms with Crippen LogP contribution in [0, 0.1) is 0 Å². The van der Waals surface area contributed by atoms with Gasteiger partial charge in [-0.3, -0.25) is 0 Å². The van der Waals surface area contributed by atoms with Crippen molar-refractivity contribution in [2.45, 2.75) is 11.4 Å². The van der Waals surface area contributed by atoms with Gasteiger partial charge in [0, 0.05) is 12.5 Å². The van der Waals surface area contributed by atoms with Crippen LogP contribution in [0.25, 0.3) is 5.65 Å². The zero-order valence-electron chi connectivity index (χ0n) is 11.3. The van der Waals surface area contributed by atoms with Crippen LogP contribution in [0.15, 0.2) is 47.8 Å². The molecule has 8 heteroatoms. The molecule has 3 rings (SSSR count). The average Bonchev–Trinajstić information content (AvgIpc) is 2.93. The summed E-state index contributed by atoms with van der Waals surface area (Å²) in [6, 6.07) is 8.87. The summed E-state index contributed by atoms with van der Waals surface area (Å²) in [6.45, 7) is 0.506. The number of hydrogen-bond acceptors (Lipinski definition) is 6. The summed E-state index contributed by atoms with van der Waals surface area (Å²) in [6.07, 6.45) is 3.99. The molecule has 0 aliphatic heterocycles. The molecule has 0 aromatic carbocycles. The maximum absolute atomic E-state index is 11.4. The van der Waals surface area contributed by atoms with E-state index >= 15 is 0 Å². The Labute approximate surface area is 121 Å². The second-order valence-corrected chi connectivity index (χ2v) is 6.57. The number of nitrogens with one attached hydrogen (secondary N) is 1. The van der Waals surface area contributed by atoms with Crippen LogP contribution in [0.4, 0.5) is 5.82 Å². The lowest BCUT2D eigenvalue weighted by molar-refractivity contribution is 0.601. The van der Waals surface area contributed by atoms with Crippen molar-refractivity contribution in [1.29, 1.82) is 0 Å². The van der Waals surface area contributed by atoms with Gasteiger partial charge < -0.3 is 5.32 Å². The van der Waals surface area contributed by atoms with E-state index in [0.29, 0.717) is 12.4 Å². The van der Waals surface area contributed by atoms with E-state index < -0.39 is 9.84 Å². The van der Waals surface area contributed by atoms with Crippen molar-refractivity contribution < 1.29 is 8.42 Å². The van der Waals surface area contributed by atoms with Crippen LogP contribution in [0.3, 0.4) is 0 Å². The van der Waals surface area contributed by atoms with Gasteiger partial charge in [-0.15, -0.1) is 0 Å². The molecule has 0 aliphatic carbocycles. The molecule has 0 amide bonds. The van der Waals surface area contributed by atoms with Crippen molar-refractivity contribution in [3.63, 3.8) is 0 Å².